The van der Waals surface area contributed by atoms with Crippen LogP contribution in [0.2, 0.25) is 0 Å². The largest absolute Gasteiger partial charge is 0.453 e. The Morgan fingerprint density at radius 1 is 1.06 bits per heavy atom. The lowest BCUT2D eigenvalue weighted by Gasteiger charge is -2.42. The standard InChI is InChI=1S/C21H25NO4.C6H6/c1-15-6-4-7-17(14-15)9-12-21(26-16(2)23)11-5-8-19-18(21)10-13-22(19)20(24)25-3;1-2-4-6-5-3-1/h4,6-7,14,18-19H,5,8,10-11,13H2,1-3H3;1-6H/t18-,19-,21-;/m1./s1. The monoisotopic (exact) mass is 433 g/mol. The highest BCUT2D eigenvalue weighted by molar-refractivity contribution is 5.69. The van der Waals surface area contributed by atoms with Gasteiger partial charge in [0.05, 0.1) is 7.11 Å². The normalized spacial score (nSPS) is 23.5. The molecule has 0 N–H and O–H groups in total. The highest BCUT2D eigenvalue weighted by atomic mass is 16.6. The lowest BCUT2D eigenvalue weighted by atomic mass is 9.72. The first-order chi connectivity index (χ1) is 15.4. The average molecular weight is 434 g/mol. The second-order valence-corrected chi connectivity index (χ2v) is 8.28. The molecule has 2 aliphatic rings. The molecule has 1 heterocycles. The Hall–Kier alpha value is -3.26. The number of carbonyl (C=O) groups is 2. The van der Waals surface area contributed by atoms with Gasteiger partial charge in [-0.15, -0.1) is 0 Å². The fraction of sp³-hybridized carbons (Fsp3) is 0.407. The number of carbonyl (C=O) groups excluding carboxylic acids is 2. The van der Waals surface area contributed by atoms with Crippen molar-refractivity contribution < 1.29 is 19.1 Å². The zero-order valence-electron chi connectivity index (χ0n) is 19.0. The smallest absolute Gasteiger partial charge is 0.409 e. The first kappa shape index (κ1) is 23.4. The zero-order valence-corrected chi connectivity index (χ0v) is 19.0. The van der Waals surface area contributed by atoms with Crippen LogP contribution in [-0.4, -0.2) is 42.3 Å². The van der Waals surface area contributed by atoms with E-state index in [2.05, 4.69) is 11.8 Å². The summed E-state index contributed by atoms with van der Waals surface area (Å²) in [7, 11) is 1.40. The maximum atomic E-state index is 12.1. The molecule has 2 fully saturated rings. The van der Waals surface area contributed by atoms with Crippen molar-refractivity contribution in [2.45, 2.75) is 51.2 Å². The zero-order chi connectivity index (χ0) is 23.0. The van der Waals surface area contributed by atoms with Crippen molar-refractivity contribution >= 4 is 12.1 Å². The minimum Gasteiger partial charge on any atom is -0.453 e. The Labute approximate surface area is 190 Å². The van der Waals surface area contributed by atoms with Crippen LogP contribution in [0.4, 0.5) is 4.79 Å². The number of hydrogen-bond donors (Lipinski definition) is 0. The van der Waals surface area contributed by atoms with Gasteiger partial charge in [0, 0.05) is 31.0 Å². The lowest BCUT2D eigenvalue weighted by molar-refractivity contribution is -0.159. The van der Waals surface area contributed by atoms with Gasteiger partial charge in [-0.3, -0.25) is 4.79 Å². The van der Waals surface area contributed by atoms with Crippen LogP contribution in [0, 0.1) is 24.7 Å². The van der Waals surface area contributed by atoms with Crippen LogP contribution in [0.1, 0.15) is 43.7 Å². The van der Waals surface area contributed by atoms with E-state index >= 15 is 0 Å². The third kappa shape index (κ3) is 5.70. The molecule has 1 aliphatic heterocycles. The van der Waals surface area contributed by atoms with E-state index in [1.165, 1.54) is 14.0 Å². The molecule has 1 aliphatic carbocycles. The first-order valence-corrected chi connectivity index (χ1v) is 11.1. The molecule has 3 atom stereocenters. The van der Waals surface area contributed by atoms with Crippen molar-refractivity contribution in [1.29, 1.82) is 0 Å². The number of rotatable bonds is 1. The molecular weight excluding hydrogens is 402 g/mol. The second kappa shape index (κ2) is 10.9. The summed E-state index contributed by atoms with van der Waals surface area (Å²) < 4.78 is 10.7. The van der Waals surface area contributed by atoms with Gasteiger partial charge in [0.1, 0.15) is 0 Å². The van der Waals surface area contributed by atoms with Crippen molar-refractivity contribution in [3.8, 4) is 11.8 Å². The predicted octanol–water partition coefficient (Wildman–Crippen LogP) is 4.98. The first-order valence-electron chi connectivity index (χ1n) is 11.1. The van der Waals surface area contributed by atoms with Gasteiger partial charge in [-0.25, -0.2) is 4.79 Å². The van der Waals surface area contributed by atoms with Gasteiger partial charge < -0.3 is 14.4 Å². The van der Waals surface area contributed by atoms with Gasteiger partial charge >= 0.3 is 12.1 Å². The van der Waals surface area contributed by atoms with Crippen molar-refractivity contribution in [1.82, 2.24) is 4.90 Å². The van der Waals surface area contributed by atoms with Crippen molar-refractivity contribution in [3.63, 3.8) is 0 Å². The highest BCUT2D eigenvalue weighted by Crippen LogP contribution is 2.45. The van der Waals surface area contributed by atoms with Gasteiger partial charge in [-0.1, -0.05) is 54.5 Å². The van der Waals surface area contributed by atoms with E-state index in [1.54, 1.807) is 4.90 Å². The summed E-state index contributed by atoms with van der Waals surface area (Å²) in [5.74, 6) is 6.18. The number of methoxy groups -OCH3 is 1. The molecule has 5 heteroatoms. The van der Waals surface area contributed by atoms with E-state index in [9.17, 15) is 9.59 Å². The van der Waals surface area contributed by atoms with Crippen LogP contribution in [0.25, 0.3) is 0 Å². The van der Waals surface area contributed by atoms with Gasteiger partial charge in [0.15, 0.2) is 5.60 Å². The van der Waals surface area contributed by atoms with Gasteiger partial charge in [-0.05, 0) is 56.2 Å². The van der Waals surface area contributed by atoms with E-state index < -0.39 is 5.60 Å². The molecule has 0 aromatic heterocycles. The number of aryl methyl sites for hydroxylation is 1. The maximum Gasteiger partial charge on any atom is 0.409 e. The molecule has 0 radical (unpaired) electrons. The van der Waals surface area contributed by atoms with Gasteiger partial charge in [0.2, 0.25) is 0 Å². The molecule has 2 aromatic rings. The molecule has 0 unspecified atom stereocenters. The summed E-state index contributed by atoms with van der Waals surface area (Å²) in [6.07, 6.45) is 2.87. The molecule has 2 aromatic carbocycles. The van der Waals surface area contributed by atoms with Crippen molar-refractivity contribution in [2.75, 3.05) is 13.7 Å². The number of hydrogen-bond acceptors (Lipinski definition) is 4. The molecule has 0 bridgehead atoms. The maximum absolute atomic E-state index is 12.1. The third-order valence-corrected chi connectivity index (χ3v) is 6.03. The minimum atomic E-state index is -0.846. The van der Waals surface area contributed by atoms with Gasteiger partial charge in [0.25, 0.3) is 0 Å². The number of benzene rings is 2. The van der Waals surface area contributed by atoms with Crippen LogP contribution in [0.3, 0.4) is 0 Å². The number of likely N-dealkylation sites (tertiary alicyclic amines) is 1. The van der Waals surface area contributed by atoms with Crippen molar-refractivity contribution in [3.05, 3.63) is 71.8 Å². The fourth-order valence-electron chi connectivity index (χ4n) is 4.71. The summed E-state index contributed by atoms with van der Waals surface area (Å²) in [6.45, 7) is 4.05. The quantitative estimate of drug-likeness (QED) is 0.470. The number of fused-ring (bicyclic) bond motifs is 1. The summed E-state index contributed by atoms with van der Waals surface area (Å²) in [5, 5.41) is 0. The second-order valence-electron chi connectivity index (χ2n) is 8.28. The summed E-state index contributed by atoms with van der Waals surface area (Å²) in [4.78, 5) is 25.7. The number of amides is 1. The van der Waals surface area contributed by atoms with Crippen molar-refractivity contribution in [2.24, 2.45) is 5.92 Å². The summed E-state index contributed by atoms with van der Waals surface area (Å²) in [6, 6.07) is 20.0. The molecule has 168 valence electrons. The van der Waals surface area contributed by atoms with E-state index in [0.29, 0.717) is 13.0 Å². The molecule has 1 saturated carbocycles. The van der Waals surface area contributed by atoms with Gasteiger partial charge in [-0.2, -0.15) is 0 Å². The highest BCUT2D eigenvalue weighted by Gasteiger charge is 2.53. The molecular formula is C27H31NO4. The van der Waals surface area contributed by atoms with Crippen LogP contribution < -0.4 is 0 Å². The Bertz CT molecular complexity index is 951. The molecule has 5 nitrogen and oxygen atoms in total. The molecule has 1 amide bonds. The van der Waals surface area contributed by atoms with E-state index in [1.807, 2.05) is 67.6 Å². The minimum absolute atomic E-state index is 0.00218. The fourth-order valence-corrected chi connectivity index (χ4v) is 4.71. The molecule has 0 spiro atoms. The summed E-state index contributed by atoms with van der Waals surface area (Å²) in [5.41, 5.74) is 1.19. The third-order valence-electron chi connectivity index (χ3n) is 6.03. The number of ether oxygens (including phenoxy) is 2. The van der Waals surface area contributed by atoms with Crippen LogP contribution in [0.5, 0.6) is 0 Å². The van der Waals surface area contributed by atoms with E-state index in [0.717, 1.165) is 30.4 Å². The van der Waals surface area contributed by atoms with Crippen LogP contribution in [0.15, 0.2) is 60.7 Å². The van der Waals surface area contributed by atoms with E-state index in [4.69, 9.17) is 9.47 Å². The predicted molar refractivity (Wildman–Crippen MR) is 124 cm³/mol. The average Bonchev–Trinajstić information content (AvgIpc) is 3.24. The van der Waals surface area contributed by atoms with E-state index in [-0.39, 0.29) is 24.0 Å². The van der Waals surface area contributed by atoms with Crippen LogP contribution in [-0.2, 0) is 14.3 Å². The Kier molecular flexibility index (Phi) is 7.94. The lowest BCUT2D eigenvalue weighted by Crippen LogP contribution is -2.51. The topological polar surface area (TPSA) is 55.8 Å². The Balaban J connectivity index is 0.000000416. The molecule has 4 rings (SSSR count). The SMILES string of the molecule is COC(=O)N1CC[C@@H]2[C@H]1CCC[C@]2(C#Cc1cccc(C)c1)OC(C)=O.c1ccccc1. The summed E-state index contributed by atoms with van der Waals surface area (Å²) >= 11 is 0. The molecule has 1 saturated heterocycles. The number of nitrogens with zero attached hydrogens (tertiary/aromatic N) is 1. The number of esters is 1. The Morgan fingerprint density at radius 3 is 2.34 bits per heavy atom. The van der Waals surface area contributed by atoms with Crippen LogP contribution >= 0.6 is 0 Å². The molecule has 32 heavy (non-hydrogen) atoms. The Morgan fingerprint density at radius 2 is 1.75 bits per heavy atom.